The van der Waals surface area contributed by atoms with E-state index in [4.69, 9.17) is 4.74 Å². The number of hydrogen-bond donors (Lipinski definition) is 1. The molecule has 1 saturated heterocycles. The first-order chi connectivity index (χ1) is 12.9. The molecule has 0 aliphatic carbocycles. The number of para-hydroxylation sites is 1. The highest BCUT2D eigenvalue weighted by Crippen LogP contribution is 2.14. The van der Waals surface area contributed by atoms with Crippen LogP contribution in [-0.4, -0.2) is 61.2 Å². The van der Waals surface area contributed by atoms with Crippen LogP contribution in [0.2, 0.25) is 0 Å². The molecule has 2 heterocycles. The second kappa shape index (κ2) is 8.05. The standard InChI is InChI=1S/C17H21FN4O4S/c1-13-15(18)16(23)20-17(19-13)21-7-9-22(10-8-21)27(24,25)12-11-26-14-5-3-2-4-6-14/h2-6H,7-12H2,1H3,(H,19,20,23). The molecule has 1 aliphatic heterocycles. The maximum absolute atomic E-state index is 13.4. The van der Waals surface area contributed by atoms with Gasteiger partial charge >= 0.3 is 0 Å². The minimum Gasteiger partial charge on any atom is -0.492 e. The molecule has 0 amide bonds. The molecule has 8 nitrogen and oxygen atoms in total. The first kappa shape index (κ1) is 19.3. The van der Waals surface area contributed by atoms with Crippen LogP contribution >= 0.6 is 0 Å². The summed E-state index contributed by atoms with van der Waals surface area (Å²) in [5.74, 6) is -0.145. The van der Waals surface area contributed by atoms with Gasteiger partial charge in [-0.15, -0.1) is 0 Å². The summed E-state index contributed by atoms with van der Waals surface area (Å²) in [7, 11) is -3.45. The van der Waals surface area contributed by atoms with Crippen molar-refractivity contribution in [2.24, 2.45) is 0 Å². The third kappa shape index (κ3) is 4.64. The Hall–Kier alpha value is -2.46. The molecule has 27 heavy (non-hydrogen) atoms. The fourth-order valence-corrected chi connectivity index (χ4v) is 4.07. The molecule has 0 radical (unpaired) electrons. The monoisotopic (exact) mass is 396 g/mol. The number of nitrogens with one attached hydrogen (secondary N) is 1. The van der Waals surface area contributed by atoms with Gasteiger partial charge in [0.2, 0.25) is 21.8 Å². The summed E-state index contributed by atoms with van der Waals surface area (Å²) >= 11 is 0. The summed E-state index contributed by atoms with van der Waals surface area (Å²) in [6.07, 6.45) is 0. The quantitative estimate of drug-likeness (QED) is 0.774. The second-order valence-corrected chi connectivity index (χ2v) is 8.24. The van der Waals surface area contributed by atoms with Crippen molar-refractivity contribution in [3.63, 3.8) is 0 Å². The van der Waals surface area contributed by atoms with E-state index < -0.39 is 21.4 Å². The normalized spacial score (nSPS) is 15.7. The highest BCUT2D eigenvalue weighted by molar-refractivity contribution is 7.89. The Morgan fingerprint density at radius 1 is 1.19 bits per heavy atom. The third-order valence-corrected chi connectivity index (χ3v) is 6.14. The lowest BCUT2D eigenvalue weighted by Crippen LogP contribution is -2.50. The number of anilines is 1. The Morgan fingerprint density at radius 3 is 2.48 bits per heavy atom. The Labute approximate surface area is 156 Å². The fraction of sp³-hybridized carbons (Fsp3) is 0.412. The number of piperazine rings is 1. The van der Waals surface area contributed by atoms with Gasteiger partial charge in [0.25, 0.3) is 5.56 Å². The summed E-state index contributed by atoms with van der Waals surface area (Å²) in [4.78, 5) is 19.7. The van der Waals surface area contributed by atoms with Gasteiger partial charge in [0.1, 0.15) is 12.4 Å². The predicted octanol–water partition coefficient (Wildman–Crippen LogP) is 0.748. The molecular formula is C17H21FN4O4S. The van der Waals surface area contributed by atoms with Crippen LogP contribution in [-0.2, 0) is 10.0 Å². The van der Waals surface area contributed by atoms with Crippen molar-refractivity contribution in [3.8, 4) is 5.75 Å². The van der Waals surface area contributed by atoms with E-state index in [1.54, 1.807) is 17.0 Å². The molecule has 0 spiro atoms. The van der Waals surface area contributed by atoms with Crippen LogP contribution in [0.3, 0.4) is 0 Å². The van der Waals surface area contributed by atoms with Crippen LogP contribution in [0.25, 0.3) is 0 Å². The van der Waals surface area contributed by atoms with Crippen molar-refractivity contribution in [2.45, 2.75) is 6.92 Å². The smallest absolute Gasteiger partial charge is 0.288 e. The summed E-state index contributed by atoms with van der Waals surface area (Å²) in [6.45, 7) is 2.71. The molecule has 2 aromatic rings. The lowest BCUT2D eigenvalue weighted by Gasteiger charge is -2.34. The minimum atomic E-state index is -3.45. The predicted molar refractivity (Wildman–Crippen MR) is 99.1 cm³/mol. The maximum atomic E-state index is 13.4. The summed E-state index contributed by atoms with van der Waals surface area (Å²) < 4.78 is 45.2. The molecule has 0 bridgehead atoms. The lowest BCUT2D eigenvalue weighted by atomic mass is 10.3. The number of halogens is 1. The van der Waals surface area contributed by atoms with E-state index in [1.165, 1.54) is 11.2 Å². The van der Waals surface area contributed by atoms with E-state index in [1.807, 2.05) is 18.2 Å². The summed E-state index contributed by atoms with van der Waals surface area (Å²) in [5, 5.41) is 0. The SMILES string of the molecule is Cc1nc(N2CCN(S(=O)(=O)CCOc3ccccc3)CC2)[nH]c(=O)c1F. The molecule has 3 rings (SSSR count). The van der Waals surface area contributed by atoms with E-state index >= 15 is 0 Å². The largest absolute Gasteiger partial charge is 0.492 e. The number of H-pyrrole nitrogens is 1. The van der Waals surface area contributed by atoms with Crippen LogP contribution in [0.1, 0.15) is 5.69 Å². The molecule has 0 saturated carbocycles. The van der Waals surface area contributed by atoms with E-state index in [2.05, 4.69) is 9.97 Å². The number of aromatic amines is 1. The lowest BCUT2D eigenvalue weighted by molar-refractivity contribution is 0.330. The van der Waals surface area contributed by atoms with E-state index in [0.717, 1.165) is 0 Å². The molecular weight excluding hydrogens is 375 g/mol. The first-order valence-corrected chi connectivity index (χ1v) is 10.1. The zero-order valence-electron chi connectivity index (χ0n) is 14.9. The van der Waals surface area contributed by atoms with Crippen molar-refractivity contribution in [3.05, 3.63) is 52.2 Å². The topological polar surface area (TPSA) is 95.6 Å². The molecule has 1 aliphatic rings. The Kier molecular flexibility index (Phi) is 5.76. The average molecular weight is 396 g/mol. The zero-order chi connectivity index (χ0) is 19.4. The van der Waals surface area contributed by atoms with E-state index in [0.29, 0.717) is 18.8 Å². The molecule has 1 aromatic carbocycles. The Balaban J connectivity index is 1.55. The first-order valence-electron chi connectivity index (χ1n) is 8.54. The van der Waals surface area contributed by atoms with Crippen LogP contribution < -0.4 is 15.2 Å². The highest BCUT2D eigenvalue weighted by Gasteiger charge is 2.28. The van der Waals surface area contributed by atoms with Gasteiger partial charge in [-0.05, 0) is 19.1 Å². The molecule has 1 aromatic heterocycles. The van der Waals surface area contributed by atoms with Gasteiger partial charge in [0.15, 0.2) is 0 Å². The number of ether oxygens (including phenoxy) is 1. The number of nitrogens with zero attached hydrogens (tertiary/aromatic N) is 3. The fourth-order valence-electron chi connectivity index (χ4n) is 2.80. The number of benzene rings is 1. The van der Waals surface area contributed by atoms with Gasteiger partial charge in [-0.2, -0.15) is 8.70 Å². The van der Waals surface area contributed by atoms with Gasteiger partial charge in [0.05, 0.1) is 11.4 Å². The van der Waals surface area contributed by atoms with Crippen molar-refractivity contribution >= 4 is 16.0 Å². The molecule has 1 N–H and O–H groups in total. The maximum Gasteiger partial charge on any atom is 0.288 e. The molecule has 0 unspecified atom stereocenters. The molecule has 146 valence electrons. The summed E-state index contributed by atoms with van der Waals surface area (Å²) in [6, 6.07) is 9.03. The van der Waals surface area contributed by atoms with E-state index in [-0.39, 0.29) is 37.1 Å². The summed E-state index contributed by atoms with van der Waals surface area (Å²) in [5.41, 5.74) is -0.813. The molecule has 1 fully saturated rings. The van der Waals surface area contributed by atoms with Crippen molar-refractivity contribution < 1.29 is 17.5 Å². The Bertz CT molecular complexity index is 941. The Morgan fingerprint density at radius 2 is 1.85 bits per heavy atom. The van der Waals surface area contributed by atoms with Crippen LogP contribution in [0.5, 0.6) is 5.75 Å². The van der Waals surface area contributed by atoms with Gasteiger partial charge in [-0.25, -0.2) is 13.4 Å². The van der Waals surface area contributed by atoms with Crippen LogP contribution in [0.15, 0.2) is 35.1 Å². The zero-order valence-corrected chi connectivity index (χ0v) is 15.7. The van der Waals surface area contributed by atoms with Gasteiger partial charge in [0, 0.05) is 26.2 Å². The van der Waals surface area contributed by atoms with Gasteiger partial charge < -0.3 is 9.64 Å². The number of aryl methyl sites for hydroxylation is 1. The minimum absolute atomic E-state index is 0.0156. The number of aromatic nitrogens is 2. The average Bonchev–Trinajstić information content (AvgIpc) is 2.66. The number of hydrogen-bond acceptors (Lipinski definition) is 6. The third-order valence-electron chi connectivity index (χ3n) is 4.30. The number of rotatable bonds is 6. The number of sulfonamides is 1. The van der Waals surface area contributed by atoms with Crippen LogP contribution in [0, 0.1) is 12.7 Å². The second-order valence-electron chi connectivity index (χ2n) is 6.15. The molecule has 0 atom stereocenters. The van der Waals surface area contributed by atoms with Crippen molar-refractivity contribution in [2.75, 3.05) is 43.4 Å². The van der Waals surface area contributed by atoms with Crippen molar-refractivity contribution in [1.29, 1.82) is 0 Å². The van der Waals surface area contributed by atoms with Gasteiger partial charge in [-0.1, -0.05) is 18.2 Å². The highest BCUT2D eigenvalue weighted by atomic mass is 32.2. The van der Waals surface area contributed by atoms with Crippen LogP contribution in [0.4, 0.5) is 10.3 Å². The van der Waals surface area contributed by atoms with Crippen molar-refractivity contribution in [1.82, 2.24) is 14.3 Å². The molecule has 10 heteroatoms. The van der Waals surface area contributed by atoms with Gasteiger partial charge in [-0.3, -0.25) is 9.78 Å². The van der Waals surface area contributed by atoms with E-state index in [9.17, 15) is 17.6 Å².